The molecule has 2 heterocycles. The van der Waals surface area contributed by atoms with Gasteiger partial charge in [0.1, 0.15) is 5.75 Å². The van der Waals surface area contributed by atoms with E-state index in [1.165, 1.54) is 11.1 Å². The minimum atomic E-state index is 0.107. The molecule has 3 nitrogen and oxygen atoms in total. The van der Waals surface area contributed by atoms with Gasteiger partial charge in [0.2, 0.25) is 0 Å². The fraction of sp³-hybridized carbons (Fsp3) is 0.350. The molecule has 2 aromatic carbocycles. The number of fused-ring (bicyclic) bond motifs is 2. The Bertz CT molecular complexity index is 740. The number of piperidine rings is 1. The standard InChI is InChI=1S/C20H20N2O/c21-13-17-6-7-19-18(12-17)20(15-23-19)8-10-22(11-9-20)14-16-4-2-1-3-5-16/h1-7,12H,8-11,14-15H2. The monoisotopic (exact) mass is 304 g/mol. The maximum absolute atomic E-state index is 9.16. The number of ether oxygens (including phenoxy) is 1. The summed E-state index contributed by atoms with van der Waals surface area (Å²) in [4.78, 5) is 2.52. The molecule has 0 atom stereocenters. The zero-order chi connectivity index (χ0) is 15.7. The molecule has 0 saturated carbocycles. The third kappa shape index (κ3) is 2.60. The Labute approximate surface area is 137 Å². The van der Waals surface area contributed by atoms with Gasteiger partial charge in [0, 0.05) is 17.5 Å². The topological polar surface area (TPSA) is 36.3 Å². The largest absolute Gasteiger partial charge is 0.492 e. The molecule has 3 heteroatoms. The van der Waals surface area contributed by atoms with Crippen LogP contribution in [0, 0.1) is 11.3 Å². The van der Waals surface area contributed by atoms with Gasteiger partial charge in [-0.15, -0.1) is 0 Å². The predicted octanol–water partition coefficient (Wildman–Crippen LogP) is 3.48. The second-order valence-corrected chi connectivity index (χ2v) is 6.65. The van der Waals surface area contributed by atoms with E-state index >= 15 is 0 Å². The molecule has 116 valence electrons. The summed E-state index contributed by atoms with van der Waals surface area (Å²) in [5.41, 5.74) is 3.46. The molecule has 0 radical (unpaired) electrons. The maximum atomic E-state index is 9.16. The van der Waals surface area contributed by atoms with Crippen LogP contribution in [0.25, 0.3) is 0 Å². The summed E-state index contributed by atoms with van der Waals surface area (Å²) in [6, 6.07) is 18.8. The average molecular weight is 304 g/mol. The third-order valence-electron chi connectivity index (χ3n) is 5.25. The molecule has 0 aliphatic carbocycles. The quantitative estimate of drug-likeness (QED) is 0.852. The van der Waals surface area contributed by atoms with E-state index in [9.17, 15) is 0 Å². The van der Waals surface area contributed by atoms with Crippen molar-refractivity contribution in [3.63, 3.8) is 0 Å². The van der Waals surface area contributed by atoms with Gasteiger partial charge in [-0.25, -0.2) is 0 Å². The molecule has 0 bridgehead atoms. The van der Waals surface area contributed by atoms with Gasteiger partial charge >= 0.3 is 0 Å². The minimum Gasteiger partial charge on any atom is -0.492 e. The molecule has 1 spiro atoms. The van der Waals surface area contributed by atoms with E-state index in [1.807, 2.05) is 18.2 Å². The van der Waals surface area contributed by atoms with E-state index < -0.39 is 0 Å². The number of nitriles is 1. The summed E-state index contributed by atoms with van der Waals surface area (Å²) in [5, 5.41) is 9.16. The van der Waals surface area contributed by atoms with Crippen LogP contribution in [0.2, 0.25) is 0 Å². The van der Waals surface area contributed by atoms with Crippen molar-refractivity contribution in [3.05, 3.63) is 65.2 Å². The Morgan fingerprint density at radius 3 is 2.61 bits per heavy atom. The molecule has 2 aromatic rings. The van der Waals surface area contributed by atoms with Crippen LogP contribution in [0.1, 0.15) is 29.5 Å². The van der Waals surface area contributed by atoms with Gasteiger partial charge in [-0.05, 0) is 49.7 Å². The second-order valence-electron chi connectivity index (χ2n) is 6.65. The molecule has 4 rings (SSSR count). The summed E-state index contributed by atoms with van der Waals surface area (Å²) in [5.74, 6) is 0.973. The normalized spacial score (nSPS) is 19.1. The van der Waals surface area contributed by atoms with Crippen molar-refractivity contribution >= 4 is 0 Å². The number of rotatable bonds is 2. The lowest BCUT2D eigenvalue weighted by Crippen LogP contribution is -2.43. The number of likely N-dealkylation sites (tertiary alicyclic amines) is 1. The van der Waals surface area contributed by atoms with E-state index in [0.29, 0.717) is 0 Å². The number of nitrogens with zero attached hydrogens (tertiary/aromatic N) is 2. The fourth-order valence-corrected chi connectivity index (χ4v) is 3.83. The van der Waals surface area contributed by atoms with Crippen LogP contribution in [0.15, 0.2) is 48.5 Å². The Morgan fingerprint density at radius 1 is 1.09 bits per heavy atom. The Morgan fingerprint density at radius 2 is 1.87 bits per heavy atom. The second kappa shape index (κ2) is 5.72. The molecule has 2 aliphatic rings. The molecule has 0 N–H and O–H groups in total. The zero-order valence-electron chi connectivity index (χ0n) is 13.2. The average Bonchev–Trinajstić information content (AvgIpc) is 2.96. The van der Waals surface area contributed by atoms with Gasteiger partial charge in [0.05, 0.1) is 18.2 Å². The molecule has 1 saturated heterocycles. The first kappa shape index (κ1) is 14.3. The van der Waals surface area contributed by atoms with E-state index in [4.69, 9.17) is 10.00 Å². The highest BCUT2D eigenvalue weighted by Gasteiger charge is 2.43. The van der Waals surface area contributed by atoms with E-state index in [1.54, 1.807) is 0 Å². The summed E-state index contributed by atoms with van der Waals surface area (Å²) in [6.07, 6.45) is 2.20. The lowest BCUT2D eigenvalue weighted by atomic mass is 9.74. The smallest absolute Gasteiger partial charge is 0.123 e. The van der Waals surface area contributed by atoms with E-state index in [2.05, 4.69) is 41.3 Å². The first-order valence-electron chi connectivity index (χ1n) is 8.23. The van der Waals surface area contributed by atoms with Crippen LogP contribution in [0.5, 0.6) is 5.75 Å². The SMILES string of the molecule is N#Cc1ccc2c(c1)C1(CCN(Cc3ccccc3)CC1)CO2. The van der Waals surface area contributed by atoms with Gasteiger partial charge in [-0.2, -0.15) is 5.26 Å². The van der Waals surface area contributed by atoms with Crippen LogP contribution >= 0.6 is 0 Å². The van der Waals surface area contributed by atoms with Crippen LogP contribution in [0.4, 0.5) is 0 Å². The maximum Gasteiger partial charge on any atom is 0.123 e. The zero-order valence-corrected chi connectivity index (χ0v) is 13.2. The number of hydrogen-bond acceptors (Lipinski definition) is 3. The van der Waals surface area contributed by atoms with Crippen molar-refractivity contribution in [1.29, 1.82) is 5.26 Å². The van der Waals surface area contributed by atoms with Crippen molar-refractivity contribution in [2.75, 3.05) is 19.7 Å². The van der Waals surface area contributed by atoms with Crippen molar-refractivity contribution in [3.8, 4) is 11.8 Å². The molecule has 0 aromatic heterocycles. The highest BCUT2D eigenvalue weighted by atomic mass is 16.5. The number of hydrogen-bond donors (Lipinski definition) is 0. The highest BCUT2D eigenvalue weighted by Crippen LogP contribution is 2.45. The van der Waals surface area contributed by atoms with Crippen molar-refractivity contribution in [2.45, 2.75) is 24.8 Å². The summed E-state index contributed by atoms with van der Waals surface area (Å²) < 4.78 is 5.92. The van der Waals surface area contributed by atoms with Crippen LogP contribution in [-0.2, 0) is 12.0 Å². The lowest BCUT2D eigenvalue weighted by Gasteiger charge is -2.38. The van der Waals surface area contributed by atoms with Gasteiger partial charge in [-0.3, -0.25) is 4.90 Å². The first-order valence-corrected chi connectivity index (χ1v) is 8.23. The molecule has 0 unspecified atom stereocenters. The molecule has 2 aliphatic heterocycles. The van der Waals surface area contributed by atoms with Gasteiger partial charge in [0.15, 0.2) is 0 Å². The molecule has 23 heavy (non-hydrogen) atoms. The molecule has 0 amide bonds. The van der Waals surface area contributed by atoms with Gasteiger partial charge in [-0.1, -0.05) is 30.3 Å². The third-order valence-corrected chi connectivity index (χ3v) is 5.25. The Hall–Kier alpha value is -2.31. The van der Waals surface area contributed by atoms with E-state index in [0.717, 1.165) is 50.4 Å². The van der Waals surface area contributed by atoms with Crippen molar-refractivity contribution in [2.24, 2.45) is 0 Å². The fourth-order valence-electron chi connectivity index (χ4n) is 3.83. The van der Waals surface area contributed by atoms with Crippen LogP contribution < -0.4 is 4.74 Å². The Balaban J connectivity index is 1.49. The van der Waals surface area contributed by atoms with Crippen molar-refractivity contribution < 1.29 is 4.74 Å². The summed E-state index contributed by atoms with van der Waals surface area (Å²) in [7, 11) is 0. The van der Waals surface area contributed by atoms with E-state index in [-0.39, 0.29) is 5.41 Å². The summed E-state index contributed by atoms with van der Waals surface area (Å²) >= 11 is 0. The minimum absolute atomic E-state index is 0.107. The number of benzene rings is 2. The molecular formula is C20H20N2O. The molecular weight excluding hydrogens is 284 g/mol. The van der Waals surface area contributed by atoms with Crippen LogP contribution in [-0.4, -0.2) is 24.6 Å². The highest BCUT2D eigenvalue weighted by molar-refractivity contribution is 5.49. The van der Waals surface area contributed by atoms with Gasteiger partial charge < -0.3 is 4.74 Å². The lowest BCUT2D eigenvalue weighted by molar-refractivity contribution is 0.130. The van der Waals surface area contributed by atoms with Crippen molar-refractivity contribution in [1.82, 2.24) is 4.90 Å². The molecule has 1 fully saturated rings. The summed E-state index contributed by atoms with van der Waals surface area (Å²) in [6.45, 7) is 3.93. The first-order chi connectivity index (χ1) is 11.3. The predicted molar refractivity (Wildman–Crippen MR) is 89.3 cm³/mol. The van der Waals surface area contributed by atoms with Crippen LogP contribution in [0.3, 0.4) is 0 Å². The van der Waals surface area contributed by atoms with Gasteiger partial charge in [0.25, 0.3) is 0 Å². The Kier molecular flexibility index (Phi) is 3.55.